The van der Waals surface area contributed by atoms with E-state index in [0.717, 1.165) is 11.3 Å². The lowest BCUT2D eigenvalue weighted by atomic mass is 10.2. The van der Waals surface area contributed by atoms with Gasteiger partial charge in [-0.15, -0.1) is 0 Å². The van der Waals surface area contributed by atoms with Crippen LogP contribution >= 0.6 is 0 Å². The van der Waals surface area contributed by atoms with Gasteiger partial charge in [0, 0.05) is 52.7 Å². The van der Waals surface area contributed by atoms with Crippen molar-refractivity contribution >= 4 is 27.6 Å². The van der Waals surface area contributed by atoms with Gasteiger partial charge in [-0.1, -0.05) is 12.1 Å². The van der Waals surface area contributed by atoms with E-state index in [9.17, 15) is 18.0 Å². The first-order chi connectivity index (χ1) is 15.2. The summed E-state index contributed by atoms with van der Waals surface area (Å²) in [7, 11) is 1.79. The van der Waals surface area contributed by atoms with E-state index in [1.54, 1.807) is 7.05 Å². The molecule has 1 amide bonds. The van der Waals surface area contributed by atoms with Gasteiger partial charge in [0.1, 0.15) is 10.6 Å². The summed E-state index contributed by atoms with van der Waals surface area (Å²) in [5, 5.41) is 0. The SMILES string of the molecule is CN(Cc1ccc(N(C)C)cc1)C(=O)COC(=O)c1cc(S(=O)(=O)N2CCOCC2)c[nH]1. The average Bonchev–Trinajstić information content (AvgIpc) is 3.29. The Morgan fingerprint density at radius 3 is 2.41 bits per heavy atom. The van der Waals surface area contributed by atoms with Crippen molar-refractivity contribution in [3.8, 4) is 0 Å². The van der Waals surface area contributed by atoms with Gasteiger partial charge in [0.25, 0.3) is 5.91 Å². The molecule has 2 aromatic rings. The van der Waals surface area contributed by atoms with Crippen molar-refractivity contribution in [2.24, 2.45) is 0 Å². The molecule has 0 unspecified atom stereocenters. The molecule has 10 nitrogen and oxygen atoms in total. The van der Waals surface area contributed by atoms with Crippen molar-refractivity contribution in [1.82, 2.24) is 14.2 Å². The average molecular weight is 465 g/mol. The quantitative estimate of drug-likeness (QED) is 0.578. The van der Waals surface area contributed by atoms with Crippen LogP contribution in [0.4, 0.5) is 5.69 Å². The molecular formula is C21H28N4O6S. The van der Waals surface area contributed by atoms with E-state index in [4.69, 9.17) is 9.47 Å². The lowest BCUT2D eigenvalue weighted by Gasteiger charge is -2.25. The van der Waals surface area contributed by atoms with Crippen molar-refractivity contribution in [3.63, 3.8) is 0 Å². The third-order valence-electron chi connectivity index (χ3n) is 5.11. The van der Waals surface area contributed by atoms with Gasteiger partial charge in [0.05, 0.1) is 13.2 Å². The monoisotopic (exact) mass is 464 g/mol. The Balaban J connectivity index is 1.53. The van der Waals surface area contributed by atoms with Crippen molar-refractivity contribution < 1.29 is 27.5 Å². The summed E-state index contributed by atoms with van der Waals surface area (Å²) in [6.07, 6.45) is 1.24. The second-order valence-electron chi connectivity index (χ2n) is 7.65. The molecule has 0 atom stereocenters. The number of carbonyl (C=O) groups excluding carboxylic acids is 2. The number of aromatic nitrogens is 1. The van der Waals surface area contributed by atoms with Crippen molar-refractivity contribution in [2.45, 2.75) is 11.4 Å². The van der Waals surface area contributed by atoms with E-state index in [1.807, 2.05) is 43.3 Å². The molecular weight excluding hydrogens is 436 g/mol. The molecule has 0 bridgehead atoms. The predicted octanol–water partition coefficient (Wildman–Crippen LogP) is 0.917. The number of H-pyrrole nitrogens is 1. The summed E-state index contributed by atoms with van der Waals surface area (Å²) in [4.78, 5) is 30.7. The molecule has 1 aromatic carbocycles. The topological polar surface area (TPSA) is 112 Å². The molecule has 0 aliphatic carbocycles. The van der Waals surface area contributed by atoms with Crippen LogP contribution in [-0.4, -0.2) is 88.5 Å². The molecule has 11 heteroatoms. The number of likely N-dealkylation sites (N-methyl/N-ethyl adjacent to an activating group) is 1. The number of hydrogen-bond donors (Lipinski definition) is 1. The Kier molecular flexibility index (Phi) is 7.54. The fourth-order valence-electron chi connectivity index (χ4n) is 3.15. The summed E-state index contributed by atoms with van der Waals surface area (Å²) in [6.45, 7) is 1.09. The fourth-order valence-corrected chi connectivity index (χ4v) is 4.56. The Bertz CT molecular complexity index is 1040. The summed E-state index contributed by atoms with van der Waals surface area (Å²) in [5.74, 6) is -1.17. The van der Waals surface area contributed by atoms with Crippen LogP contribution in [0, 0.1) is 0 Å². The summed E-state index contributed by atoms with van der Waals surface area (Å²) in [6, 6.07) is 9.00. The molecule has 2 heterocycles. The minimum absolute atomic E-state index is 0.0315. The number of carbonyl (C=O) groups is 2. The maximum Gasteiger partial charge on any atom is 0.355 e. The zero-order valence-corrected chi connectivity index (χ0v) is 19.2. The Morgan fingerprint density at radius 1 is 1.12 bits per heavy atom. The lowest BCUT2D eigenvalue weighted by molar-refractivity contribution is -0.133. The first-order valence-corrected chi connectivity index (χ1v) is 11.6. The molecule has 3 rings (SSSR count). The van der Waals surface area contributed by atoms with Crippen molar-refractivity contribution in [1.29, 1.82) is 0 Å². The fraction of sp³-hybridized carbons (Fsp3) is 0.429. The second kappa shape index (κ2) is 10.2. The maximum atomic E-state index is 12.6. The molecule has 0 spiro atoms. The highest BCUT2D eigenvalue weighted by molar-refractivity contribution is 7.89. The van der Waals surface area contributed by atoms with Crippen LogP contribution in [0.2, 0.25) is 0 Å². The number of ether oxygens (including phenoxy) is 2. The smallest absolute Gasteiger partial charge is 0.355 e. The maximum absolute atomic E-state index is 12.6. The van der Waals surface area contributed by atoms with Gasteiger partial charge in [-0.25, -0.2) is 13.2 Å². The Hall–Kier alpha value is -2.89. The van der Waals surface area contributed by atoms with Crippen LogP contribution in [-0.2, 0) is 30.8 Å². The zero-order chi connectivity index (χ0) is 23.3. The number of hydrogen-bond acceptors (Lipinski definition) is 7. The van der Waals surface area contributed by atoms with Crippen LogP contribution in [0.25, 0.3) is 0 Å². The minimum Gasteiger partial charge on any atom is -0.451 e. The van der Waals surface area contributed by atoms with Gasteiger partial charge in [0.2, 0.25) is 10.0 Å². The molecule has 0 saturated carbocycles. The highest BCUT2D eigenvalue weighted by Gasteiger charge is 2.28. The van der Waals surface area contributed by atoms with Gasteiger partial charge in [0.15, 0.2) is 6.61 Å². The van der Waals surface area contributed by atoms with E-state index >= 15 is 0 Å². The molecule has 1 saturated heterocycles. The van der Waals surface area contributed by atoms with Gasteiger partial charge < -0.3 is 24.3 Å². The van der Waals surface area contributed by atoms with Gasteiger partial charge in [-0.05, 0) is 23.8 Å². The van der Waals surface area contributed by atoms with Crippen molar-refractivity contribution in [2.75, 3.05) is 59.0 Å². The van der Waals surface area contributed by atoms with Crippen molar-refractivity contribution in [3.05, 3.63) is 47.8 Å². The van der Waals surface area contributed by atoms with E-state index in [-0.39, 0.29) is 29.6 Å². The molecule has 1 N–H and O–H groups in total. The highest BCUT2D eigenvalue weighted by atomic mass is 32.2. The van der Waals surface area contributed by atoms with Crippen LogP contribution in [0.5, 0.6) is 0 Å². The minimum atomic E-state index is -3.73. The first-order valence-electron chi connectivity index (χ1n) is 10.1. The predicted molar refractivity (Wildman–Crippen MR) is 118 cm³/mol. The number of sulfonamides is 1. The summed E-state index contributed by atoms with van der Waals surface area (Å²) < 4.78 is 36.8. The van der Waals surface area contributed by atoms with Crippen LogP contribution in [0.15, 0.2) is 41.4 Å². The number of amides is 1. The Morgan fingerprint density at radius 2 is 1.78 bits per heavy atom. The largest absolute Gasteiger partial charge is 0.451 e. The number of aromatic amines is 1. The first kappa shape index (κ1) is 23.8. The molecule has 1 fully saturated rings. The number of anilines is 1. The number of nitrogens with one attached hydrogen (secondary N) is 1. The van der Waals surface area contributed by atoms with E-state index < -0.39 is 22.6 Å². The summed E-state index contributed by atoms with van der Waals surface area (Å²) in [5.41, 5.74) is 1.96. The molecule has 32 heavy (non-hydrogen) atoms. The molecule has 0 radical (unpaired) electrons. The standard InChI is InChI=1S/C21H28N4O6S/c1-23(2)17-6-4-16(5-7-17)14-24(3)20(26)15-31-21(27)19-12-18(13-22-19)32(28,29)25-8-10-30-11-9-25/h4-7,12-13,22H,8-11,14-15H2,1-3H3. The highest BCUT2D eigenvalue weighted by Crippen LogP contribution is 2.18. The molecule has 1 aliphatic rings. The Labute approximate surface area is 187 Å². The third kappa shape index (κ3) is 5.67. The van der Waals surface area contributed by atoms with E-state index in [2.05, 4.69) is 4.98 Å². The summed E-state index contributed by atoms with van der Waals surface area (Å²) >= 11 is 0. The van der Waals surface area contributed by atoms with Gasteiger partial charge >= 0.3 is 5.97 Å². The van der Waals surface area contributed by atoms with Crippen LogP contribution in [0.1, 0.15) is 16.1 Å². The van der Waals surface area contributed by atoms with Gasteiger partial charge in [-0.2, -0.15) is 4.31 Å². The van der Waals surface area contributed by atoms with E-state index in [0.29, 0.717) is 19.8 Å². The van der Waals surface area contributed by atoms with E-state index in [1.165, 1.54) is 21.5 Å². The number of benzene rings is 1. The number of rotatable bonds is 8. The number of nitrogens with zero attached hydrogens (tertiary/aromatic N) is 3. The number of esters is 1. The molecule has 1 aliphatic heterocycles. The zero-order valence-electron chi connectivity index (χ0n) is 18.4. The number of morpholine rings is 1. The lowest BCUT2D eigenvalue weighted by Crippen LogP contribution is -2.40. The van der Waals surface area contributed by atoms with Crippen LogP contribution in [0.3, 0.4) is 0 Å². The molecule has 1 aromatic heterocycles. The second-order valence-corrected chi connectivity index (χ2v) is 9.59. The van der Waals surface area contributed by atoms with Gasteiger partial charge in [-0.3, -0.25) is 4.79 Å². The van der Waals surface area contributed by atoms with Crippen LogP contribution < -0.4 is 4.90 Å². The molecule has 174 valence electrons. The normalized spacial score (nSPS) is 14.7. The third-order valence-corrected chi connectivity index (χ3v) is 6.99.